The van der Waals surface area contributed by atoms with E-state index in [1.54, 1.807) is 30.5 Å². The second-order valence-corrected chi connectivity index (χ2v) is 8.97. The van der Waals surface area contributed by atoms with E-state index in [-0.39, 0.29) is 5.82 Å². The Labute approximate surface area is 197 Å². The summed E-state index contributed by atoms with van der Waals surface area (Å²) in [7, 11) is 0. The minimum Gasteiger partial charge on any atom is -0.465 e. The van der Waals surface area contributed by atoms with Crippen LogP contribution in [0.15, 0.2) is 39.6 Å². The van der Waals surface area contributed by atoms with Crippen LogP contribution in [-0.2, 0) is 6.54 Å². The van der Waals surface area contributed by atoms with E-state index in [1.807, 2.05) is 32.3 Å². The molecular formula is C21H22BrN7O4. The van der Waals surface area contributed by atoms with E-state index >= 15 is 0 Å². The third kappa shape index (κ3) is 4.09. The van der Waals surface area contributed by atoms with Crippen molar-refractivity contribution in [2.45, 2.75) is 39.8 Å². The Hall–Kier alpha value is -3.67. The van der Waals surface area contributed by atoms with Gasteiger partial charge in [0.15, 0.2) is 17.3 Å². The molecule has 3 N–H and O–H groups in total. The molecule has 172 valence electrons. The molecule has 1 aromatic carbocycles. The van der Waals surface area contributed by atoms with Gasteiger partial charge in [0.2, 0.25) is 5.88 Å². The van der Waals surface area contributed by atoms with Crippen LogP contribution in [0.4, 0.5) is 16.3 Å². The maximum absolute atomic E-state index is 11.8. The molecule has 3 heterocycles. The SMILES string of the molecule is CCn1c(-c2nonc2N)nc2cnc(Oc3cccc(N(C(=O)O)C(C)(C)C)c3)c(Br)c21. The summed E-state index contributed by atoms with van der Waals surface area (Å²) in [5, 5.41) is 17.2. The van der Waals surface area contributed by atoms with Gasteiger partial charge < -0.3 is 20.1 Å². The number of rotatable bonds is 5. The second-order valence-electron chi connectivity index (χ2n) is 8.18. The summed E-state index contributed by atoms with van der Waals surface area (Å²) in [5.41, 5.74) is 7.39. The lowest BCUT2D eigenvalue weighted by atomic mass is 10.1. The van der Waals surface area contributed by atoms with E-state index in [0.717, 1.165) is 5.52 Å². The average Bonchev–Trinajstić information content (AvgIpc) is 3.32. The van der Waals surface area contributed by atoms with Crippen molar-refractivity contribution in [1.82, 2.24) is 24.8 Å². The number of amides is 1. The Kier molecular flexibility index (Phi) is 5.70. The van der Waals surface area contributed by atoms with E-state index in [4.69, 9.17) is 15.1 Å². The number of benzene rings is 1. The zero-order valence-corrected chi connectivity index (χ0v) is 20.0. The monoisotopic (exact) mass is 515 g/mol. The fourth-order valence-corrected chi connectivity index (χ4v) is 4.16. The van der Waals surface area contributed by atoms with Gasteiger partial charge >= 0.3 is 6.09 Å². The fraction of sp³-hybridized carbons (Fsp3) is 0.286. The highest BCUT2D eigenvalue weighted by molar-refractivity contribution is 9.10. The predicted octanol–water partition coefficient (Wildman–Crippen LogP) is 4.92. The van der Waals surface area contributed by atoms with Crippen molar-refractivity contribution in [2.24, 2.45) is 0 Å². The normalized spacial score (nSPS) is 11.7. The lowest BCUT2D eigenvalue weighted by molar-refractivity contribution is 0.195. The number of ether oxygens (including phenoxy) is 1. The molecule has 0 saturated carbocycles. The number of nitrogen functional groups attached to an aromatic ring is 1. The quantitative estimate of drug-likeness (QED) is 0.377. The first-order valence-corrected chi connectivity index (χ1v) is 10.8. The van der Waals surface area contributed by atoms with Gasteiger partial charge in [-0.15, -0.1) is 0 Å². The van der Waals surface area contributed by atoms with Gasteiger partial charge in [-0.05, 0) is 66.1 Å². The van der Waals surface area contributed by atoms with E-state index < -0.39 is 11.6 Å². The van der Waals surface area contributed by atoms with E-state index in [0.29, 0.717) is 45.4 Å². The minimum absolute atomic E-state index is 0.138. The number of halogens is 1. The van der Waals surface area contributed by atoms with Crippen molar-refractivity contribution < 1.29 is 19.3 Å². The van der Waals surface area contributed by atoms with Gasteiger partial charge in [0.25, 0.3) is 0 Å². The molecule has 0 bridgehead atoms. The largest absolute Gasteiger partial charge is 0.465 e. The summed E-state index contributed by atoms with van der Waals surface area (Å²) >= 11 is 3.59. The third-order valence-corrected chi connectivity index (χ3v) is 5.60. The van der Waals surface area contributed by atoms with Crippen molar-refractivity contribution in [2.75, 3.05) is 10.6 Å². The molecule has 0 aliphatic carbocycles. The Bertz CT molecular complexity index is 1340. The second kappa shape index (κ2) is 8.35. The topological polar surface area (TPSA) is 145 Å². The maximum atomic E-state index is 11.8. The molecule has 0 unspecified atom stereocenters. The number of hydrogen-bond acceptors (Lipinski definition) is 8. The zero-order valence-electron chi connectivity index (χ0n) is 18.4. The molecule has 0 aliphatic heterocycles. The Morgan fingerprint density at radius 3 is 2.70 bits per heavy atom. The lowest BCUT2D eigenvalue weighted by Gasteiger charge is -2.33. The highest BCUT2D eigenvalue weighted by atomic mass is 79.9. The summed E-state index contributed by atoms with van der Waals surface area (Å²) in [6.07, 6.45) is 0.526. The zero-order chi connectivity index (χ0) is 23.9. The summed E-state index contributed by atoms with van der Waals surface area (Å²) in [4.78, 5) is 22.1. The highest BCUT2D eigenvalue weighted by Crippen LogP contribution is 2.37. The first-order valence-electron chi connectivity index (χ1n) is 10.1. The van der Waals surface area contributed by atoms with Gasteiger partial charge in [-0.2, -0.15) is 0 Å². The number of imidazole rings is 1. The molecule has 4 aromatic rings. The molecule has 0 fully saturated rings. The lowest BCUT2D eigenvalue weighted by Crippen LogP contribution is -2.45. The van der Waals surface area contributed by atoms with Crippen molar-refractivity contribution >= 4 is 44.6 Å². The average molecular weight is 516 g/mol. The number of hydrogen-bond donors (Lipinski definition) is 2. The first kappa shape index (κ1) is 22.5. The van der Waals surface area contributed by atoms with E-state index in [9.17, 15) is 9.90 Å². The molecule has 0 spiro atoms. The van der Waals surface area contributed by atoms with Gasteiger partial charge in [-0.3, -0.25) is 4.90 Å². The predicted molar refractivity (Wildman–Crippen MR) is 125 cm³/mol. The van der Waals surface area contributed by atoms with Gasteiger partial charge in [0.1, 0.15) is 15.7 Å². The summed E-state index contributed by atoms with van der Waals surface area (Å²) in [6, 6.07) is 6.83. The molecule has 0 radical (unpaired) electrons. The number of anilines is 2. The molecule has 12 heteroatoms. The number of nitrogens with two attached hydrogens (primary N) is 1. The molecule has 33 heavy (non-hydrogen) atoms. The van der Waals surface area contributed by atoms with Crippen LogP contribution in [0.25, 0.3) is 22.6 Å². The molecule has 4 rings (SSSR count). The summed E-state index contributed by atoms with van der Waals surface area (Å²) < 4.78 is 13.2. The van der Waals surface area contributed by atoms with Crippen LogP contribution in [0.5, 0.6) is 11.6 Å². The third-order valence-electron chi connectivity index (χ3n) is 4.89. The van der Waals surface area contributed by atoms with Crippen LogP contribution >= 0.6 is 15.9 Å². The number of aromatic nitrogens is 5. The van der Waals surface area contributed by atoms with E-state index in [2.05, 4.69) is 36.2 Å². The number of fused-ring (bicyclic) bond motifs is 1. The van der Waals surface area contributed by atoms with Gasteiger partial charge in [-0.1, -0.05) is 6.07 Å². The summed E-state index contributed by atoms with van der Waals surface area (Å²) in [6.45, 7) is 7.98. The molecule has 11 nitrogen and oxygen atoms in total. The number of aryl methyl sites for hydroxylation is 1. The van der Waals surface area contributed by atoms with Crippen molar-refractivity contribution in [3.8, 4) is 23.1 Å². The van der Waals surface area contributed by atoms with Crippen molar-refractivity contribution in [3.63, 3.8) is 0 Å². The van der Waals surface area contributed by atoms with Crippen molar-refractivity contribution in [1.29, 1.82) is 0 Å². The Balaban J connectivity index is 1.76. The van der Waals surface area contributed by atoms with Gasteiger partial charge in [0.05, 0.1) is 17.4 Å². The smallest absolute Gasteiger partial charge is 0.412 e. The standard InChI is InChI=1S/C21H22BrN7O4/c1-5-28-16-13(25-18(28)15-17(23)27-33-26-15)10-24-19(14(16)22)32-12-8-6-7-11(9-12)29(20(30)31)21(2,3)4/h6-10H,5H2,1-4H3,(H2,23,27)(H,30,31). The van der Waals surface area contributed by atoms with Gasteiger partial charge in [-0.25, -0.2) is 19.4 Å². The number of carboxylic acid groups (broad SMARTS) is 1. The van der Waals surface area contributed by atoms with Crippen LogP contribution in [0.1, 0.15) is 27.7 Å². The number of carbonyl (C=O) groups is 1. The van der Waals surface area contributed by atoms with Crippen LogP contribution in [-0.4, -0.2) is 41.6 Å². The summed E-state index contributed by atoms with van der Waals surface area (Å²) in [5.74, 6) is 1.36. The maximum Gasteiger partial charge on any atom is 0.412 e. The molecule has 0 atom stereocenters. The molecule has 0 aliphatic rings. The Morgan fingerprint density at radius 1 is 1.33 bits per heavy atom. The van der Waals surface area contributed by atoms with E-state index in [1.165, 1.54) is 4.90 Å². The van der Waals surface area contributed by atoms with Crippen LogP contribution in [0.2, 0.25) is 0 Å². The van der Waals surface area contributed by atoms with Crippen LogP contribution < -0.4 is 15.4 Å². The van der Waals surface area contributed by atoms with Gasteiger partial charge in [0, 0.05) is 18.2 Å². The van der Waals surface area contributed by atoms with Crippen LogP contribution in [0, 0.1) is 0 Å². The molecule has 1 amide bonds. The molecule has 0 saturated heterocycles. The minimum atomic E-state index is -1.05. The van der Waals surface area contributed by atoms with Crippen molar-refractivity contribution in [3.05, 3.63) is 34.9 Å². The molecular weight excluding hydrogens is 494 g/mol. The Morgan fingerprint density at radius 2 is 2.09 bits per heavy atom. The fourth-order valence-electron chi connectivity index (χ4n) is 3.56. The highest BCUT2D eigenvalue weighted by Gasteiger charge is 2.28. The van der Waals surface area contributed by atoms with Crippen LogP contribution in [0.3, 0.4) is 0 Å². The number of nitrogens with zero attached hydrogens (tertiary/aromatic N) is 6. The first-order chi connectivity index (χ1) is 15.6. The molecule has 3 aromatic heterocycles. The number of pyridine rings is 1.